The van der Waals surface area contributed by atoms with Crippen molar-refractivity contribution in [3.05, 3.63) is 36.9 Å². The van der Waals surface area contributed by atoms with E-state index >= 15 is 0 Å². The number of amides is 3. The molecule has 4 rings (SSSR count). The van der Waals surface area contributed by atoms with Crippen molar-refractivity contribution in [2.24, 2.45) is 0 Å². The lowest BCUT2D eigenvalue weighted by Gasteiger charge is -2.16. The quantitative estimate of drug-likeness (QED) is 0.176. The van der Waals surface area contributed by atoms with E-state index in [4.69, 9.17) is 4.74 Å². The molecule has 0 bridgehead atoms. The fourth-order valence-corrected chi connectivity index (χ4v) is 5.24. The van der Waals surface area contributed by atoms with Gasteiger partial charge >= 0.3 is 6.03 Å². The van der Waals surface area contributed by atoms with Gasteiger partial charge in [0.1, 0.15) is 18.5 Å². The first kappa shape index (κ1) is 29.3. The molecule has 3 aromatic rings. The molecular formula is C24H32N8O7S. The number of rotatable bonds is 11. The molecule has 0 aliphatic carbocycles. The highest BCUT2D eigenvalue weighted by molar-refractivity contribution is 7.89. The Bertz CT molecular complexity index is 1450. The van der Waals surface area contributed by atoms with E-state index in [0.717, 1.165) is 19.3 Å². The first-order valence-corrected chi connectivity index (χ1v) is 14.3. The fourth-order valence-electron chi connectivity index (χ4n) is 4.16. The lowest BCUT2D eigenvalue weighted by Crippen LogP contribution is -2.42. The zero-order chi connectivity index (χ0) is 28.9. The van der Waals surface area contributed by atoms with Crippen LogP contribution in [0.5, 0.6) is 0 Å². The minimum Gasteiger partial charge on any atom is -0.387 e. The number of aliphatic hydroxyl groups excluding tert-OH is 2. The average Bonchev–Trinajstić information content (AvgIpc) is 3.48. The molecule has 1 saturated heterocycles. The molecule has 6 N–H and O–H groups in total. The Kier molecular flexibility index (Phi) is 9.26. The smallest absolute Gasteiger partial charge is 0.324 e. The molecule has 1 aliphatic rings. The van der Waals surface area contributed by atoms with Gasteiger partial charge in [0.05, 0.1) is 11.2 Å². The Hall–Kier alpha value is -3.70. The second-order valence-electron chi connectivity index (χ2n) is 9.08. The number of aromatic nitrogens is 4. The van der Waals surface area contributed by atoms with Gasteiger partial charge in [-0.05, 0) is 37.6 Å². The third-order valence-corrected chi connectivity index (χ3v) is 7.68. The Labute approximate surface area is 230 Å². The van der Waals surface area contributed by atoms with E-state index in [1.165, 1.54) is 41.5 Å². The third kappa shape index (κ3) is 6.37. The molecule has 2 unspecified atom stereocenters. The normalized spacial score (nSPS) is 20.9. The first-order chi connectivity index (χ1) is 19.2. The highest BCUT2D eigenvalue weighted by atomic mass is 32.2. The van der Waals surface area contributed by atoms with Crippen molar-refractivity contribution in [3.8, 4) is 0 Å². The standard InChI is InChI=1S/C24H32N8O7S/c1-3-5-6-11-29-40(37,38)15-9-7-14(8-10-15)30-24(36)31-20-16-21(27-12-26-20)32(13-28-16)23-18(34)17(33)19(39-23)22(35)25-4-2/h7-10,12-13,17-19,23,29,33-34H,3-6,11H2,1-2H3,(H,25,35)(H2,26,27,30,31,36)/t17?,18?,19-,23+/m0/s1. The van der Waals surface area contributed by atoms with Gasteiger partial charge in [-0.25, -0.2) is 32.9 Å². The summed E-state index contributed by atoms with van der Waals surface area (Å²) in [4.78, 5) is 37.3. The van der Waals surface area contributed by atoms with Crippen LogP contribution in [0.3, 0.4) is 0 Å². The minimum absolute atomic E-state index is 0.0463. The van der Waals surface area contributed by atoms with Gasteiger partial charge in [0.15, 0.2) is 29.3 Å². The van der Waals surface area contributed by atoms with E-state index < -0.39 is 46.5 Å². The zero-order valence-electron chi connectivity index (χ0n) is 21.9. The van der Waals surface area contributed by atoms with Crippen LogP contribution in [0.25, 0.3) is 11.2 Å². The molecule has 1 aliphatic heterocycles. The largest absolute Gasteiger partial charge is 0.387 e. The lowest BCUT2D eigenvalue weighted by atomic mass is 10.1. The second kappa shape index (κ2) is 12.6. The molecule has 0 saturated carbocycles. The number of sulfonamides is 1. The SMILES string of the molecule is CCCCCNS(=O)(=O)c1ccc(NC(=O)Nc2ncnc3c2ncn3[C@@H]2O[C@H](C(=O)NCC)C(O)C2O)cc1. The summed E-state index contributed by atoms with van der Waals surface area (Å²) in [6.07, 6.45) is -0.264. The van der Waals surface area contributed by atoms with Gasteiger partial charge in [-0.15, -0.1) is 0 Å². The summed E-state index contributed by atoms with van der Waals surface area (Å²) < 4.78 is 34.3. The molecular weight excluding hydrogens is 544 g/mol. The van der Waals surface area contributed by atoms with Crippen LogP contribution in [-0.4, -0.2) is 81.5 Å². The highest BCUT2D eigenvalue weighted by Crippen LogP contribution is 2.32. The summed E-state index contributed by atoms with van der Waals surface area (Å²) >= 11 is 0. The number of anilines is 2. The van der Waals surface area contributed by atoms with Crippen molar-refractivity contribution < 1.29 is 33.0 Å². The van der Waals surface area contributed by atoms with E-state index in [2.05, 4.69) is 35.6 Å². The van der Waals surface area contributed by atoms with Gasteiger partial charge in [0.25, 0.3) is 5.91 Å². The number of aliphatic hydroxyl groups is 2. The maximum atomic E-state index is 12.7. The van der Waals surface area contributed by atoms with Crippen molar-refractivity contribution in [1.29, 1.82) is 0 Å². The van der Waals surface area contributed by atoms with E-state index in [9.17, 15) is 28.2 Å². The van der Waals surface area contributed by atoms with Gasteiger partial charge in [-0.1, -0.05) is 19.8 Å². The monoisotopic (exact) mass is 576 g/mol. The van der Waals surface area contributed by atoms with Gasteiger partial charge < -0.3 is 25.6 Å². The Balaban J connectivity index is 1.43. The topological polar surface area (TPSA) is 210 Å². The minimum atomic E-state index is -3.65. The van der Waals surface area contributed by atoms with Crippen molar-refractivity contribution in [2.45, 2.75) is 62.5 Å². The van der Waals surface area contributed by atoms with Crippen LogP contribution in [0.2, 0.25) is 0 Å². The molecule has 15 nitrogen and oxygen atoms in total. The predicted octanol–water partition coefficient (Wildman–Crippen LogP) is 0.694. The van der Waals surface area contributed by atoms with Crippen LogP contribution in [0.15, 0.2) is 41.8 Å². The van der Waals surface area contributed by atoms with E-state index in [1.54, 1.807) is 6.92 Å². The molecule has 3 heterocycles. The number of carbonyl (C=O) groups excluding carboxylic acids is 2. The van der Waals surface area contributed by atoms with Gasteiger partial charge in [-0.3, -0.25) is 14.7 Å². The van der Waals surface area contributed by atoms with Crippen molar-refractivity contribution >= 4 is 44.6 Å². The number of ether oxygens (including phenoxy) is 1. The van der Waals surface area contributed by atoms with Crippen LogP contribution in [0, 0.1) is 0 Å². The number of unbranched alkanes of at least 4 members (excludes halogenated alkanes) is 2. The molecule has 216 valence electrons. The van der Waals surface area contributed by atoms with Crippen LogP contribution >= 0.6 is 0 Å². The zero-order valence-corrected chi connectivity index (χ0v) is 22.8. The van der Waals surface area contributed by atoms with E-state index in [1.807, 2.05) is 6.92 Å². The molecule has 1 fully saturated rings. The number of likely N-dealkylation sites (N-methyl/N-ethyl adjacent to an activating group) is 1. The summed E-state index contributed by atoms with van der Waals surface area (Å²) in [5.41, 5.74) is 0.685. The molecule has 0 radical (unpaired) electrons. The maximum Gasteiger partial charge on any atom is 0.324 e. The van der Waals surface area contributed by atoms with Gasteiger partial charge in [0, 0.05) is 18.8 Å². The van der Waals surface area contributed by atoms with Crippen molar-refractivity contribution in [3.63, 3.8) is 0 Å². The van der Waals surface area contributed by atoms with Crippen molar-refractivity contribution in [1.82, 2.24) is 29.6 Å². The van der Waals surface area contributed by atoms with Crippen LogP contribution in [0.4, 0.5) is 16.3 Å². The Morgan fingerprint density at radius 1 is 1.02 bits per heavy atom. The number of nitrogens with one attached hydrogen (secondary N) is 4. The van der Waals surface area contributed by atoms with Crippen LogP contribution < -0.4 is 20.7 Å². The number of hydrogen-bond acceptors (Lipinski definition) is 10. The number of nitrogens with zero attached hydrogens (tertiary/aromatic N) is 4. The number of benzene rings is 1. The molecule has 3 amide bonds. The summed E-state index contributed by atoms with van der Waals surface area (Å²) in [5, 5.41) is 28.5. The Morgan fingerprint density at radius 3 is 2.48 bits per heavy atom. The highest BCUT2D eigenvalue weighted by Gasteiger charge is 2.47. The summed E-state index contributed by atoms with van der Waals surface area (Å²) in [6.45, 7) is 4.42. The second-order valence-corrected chi connectivity index (χ2v) is 10.8. The fraction of sp³-hybridized carbons (Fsp3) is 0.458. The molecule has 40 heavy (non-hydrogen) atoms. The van der Waals surface area contributed by atoms with Gasteiger partial charge in [0.2, 0.25) is 10.0 Å². The molecule has 2 aromatic heterocycles. The van der Waals surface area contributed by atoms with E-state index in [0.29, 0.717) is 18.8 Å². The molecule has 4 atom stereocenters. The number of fused-ring (bicyclic) bond motifs is 1. The number of imidazole rings is 1. The molecule has 0 spiro atoms. The average molecular weight is 577 g/mol. The van der Waals surface area contributed by atoms with Crippen molar-refractivity contribution in [2.75, 3.05) is 23.7 Å². The number of urea groups is 1. The number of carbonyl (C=O) groups is 2. The van der Waals surface area contributed by atoms with Crippen LogP contribution in [0.1, 0.15) is 39.3 Å². The molecule has 1 aromatic carbocycles. The Morgan fingerprint density at radius 2 is 1.77 bits per heavy atom. The third-order valence-electron chi connectivity index (χ3n) is 6.21. The maximum absolute atomic E-state index is 12.7. The van der Waals surface area contributed by atoms with Crippen LogP contribution in [-0.2, 0) is 19.6 Å². The summed E-state index contributed by atoms with van der Waals surface area (Å²) in [6, 6.07) is 5.01. The summed E-state index contributed by atoms with van der Waals surface area (Å²) in [7, 11) is -3.65. The number of hydrogen-bond donors (Lipinski definition) is 6. The van der Waals surface area contributed by atoms with Gasteiger partial charge in [-0.2, -0.15) is 0 Å². The molecule has 16 heteroatoms. The summed E-state index contributed by atoms with van der Waals surface area (Å²) in [5.74, 6) is -0.520. The first-order valence-electron chi connectivity index (χ1n) is 12.8. The van der Waals surface area contributed by atoms with E-state index in [-0.39, 0.29) is 21.9 Å². The lowest BCUT2D eigenvalue weighted by molar-refractivity contribution is -0.137. The predicted molar refractivity (Wildman–Crippen MR) is 144 cm³/mol.